The molecule has 2 nitrogen and oxygen atoms in total. The highest BCUT2D eigenvalue weighted by Crippen LogP contribution is 2.35. The van der Waals surface area contributed by atoms with Crippen LogP contribution in [0.1, 0.15) is 11.1 Å². The second kappa shape index (κ2) is 4.32. The zero-order valence-electron chi connectivity index (χ0n) is 10.7. The van der Waals surface area contributed by atoms with Gasteiger partial charge in [0.1, 0.15) is 5.76 Å². The monoisotopic (exact) mass is 326 g/mol. The third-order valence-electron chi connectivity index (χ3n) is 3.87. The quantitative estimate of drug-likeness (QED) is 0.615. The molecular weight excluding hydrogens is 316 g/mol. The number of rotatable bonds is 0. The largest absolute Gasteiger partial charge is 0.454 e. The zero-order chi connectivity index (χ0) is 13.7. The van der Waals surface area contributed by atoms with Gasteiger partial charge >= 0.3 is 0 Å². The molecule has 98 valence electrons. The Morgan fingerprint density at radius 2 is 1.85 bits per heavy atom. The summed E-state index contributed by atoms with van der Waals surface area (Å²) < 4.78 is 6.89. The Labute approximate surface area is 124 Å². The molecule has 0 unspecified atom stereocenters. The molecule has 0 atom stereocenters. The Morgan fingerprint density at radius 3 is 2.75 bits per heavy atom. The minimum absolute atomic E-state index is 0.0945. The van der Waals surface area contributed by atoms with Gasteiger partial charge < -0.3 is 4.42 Å². The average molecular weight is 327 g/mol. The van der Waals surface area contributed by atoms with Gasteiger partial charge in [-0.1, -0.05) is 30.3 Å². The maximum atomic E-state index is 12.7. The predicted octanol–water partition coefficient (Wildman–Crippen LogP) is 4.32. The van der Waals surface area contributed by atoms with E-state index in [1.807, 2.05) is 36.4 Å². The van der Waals surface area contributed by atoms with E-state index in [1.54, 1.807) is 0 Å². The van der Waals surface area contributed by atoms with Gasteiger partial charge in [0.15, 0.2) is 11.0 Å². The van der Waals surface area contributed by atoms with Crippen LogP contribution in [-0.4, -0.2) is 0 Å². The topological polar surface area (TPSA) is 30.2 Å². The second-order valence-electron chi connectivity index (χ2n) is 5.01. The number of aryl methyl sites for hydroxylation is 1. The summed E-state index contributed by atoms with van der Waals surface area (Å²) in [7, 11) is 0. The third kappa shape index (κ3) is 1.59. The molecule has 0 aliphatic heterocycles. The van der Waals surface area contributed by atoms with Crippen LogP contribution < -0.4 is 5.43 Å². The van der Waals surface area contributed by atoms with Crippen molar-refractivity contribution in [2.75, 3.05) is 0 Å². The summed E-state index contributed by atoms with van der Waals surface area (Å²) in [5, 5.41) is 0.650. The predicted molar refractivity (Wildman–Crippen MR) is 83.0 cm³/mol. The average Bonchev–Trinajstić information content (AvgIpc) is 2.48. The minimum Gasteiger partial charge on any atom is -0.454 e. The van der Waals surface area contributed by atoms with E-state index < -0.39 is 0 Å². The standard InChI is InChI=1S/C17H11BrO2/c18-14-7-3-6-12-15(19)13-9-8-10-4-1-2-5-11(10)16(13)20-17(12)14/h1-7H,8-9H2. The molecule has 1 aliphatic carbocycles. The highest BCUT2D eigenvalue weighted by molar-refractivity contribution is 9.10. The highest BCUT2D eigenvalue weighted by atomic mass is 79.9. The lowest BCUT2D eigenvalue weighted by atomic mass is 9.89. The van der Waals surface area contributed by atoms with Gasteiger partial charge in [0.05, 0.1) is 9.86 Å². The lowest BCUT2D eigenvalue weighted by Gasteiger charge is -2.18. The van der Waals surface area contributed by atoms with Crippen molar-refractivity contribution in [3.8, 4) is 11.3 Å². The number of halogens is 1. The molecule has 3 aromatic rings. The fourth-order valence-electron chi connectivity index (χ4n) is 2.88. The SMILES string of the molecule is O=c1c2c(oc3c(Br)cccc13)-c1ccccc1CC2. The van der Waals surface area contributed by atoms with Crippen molar-refractivity contribution in [3.63, 3.8) is 0 Å². The molecule has 0 radical (unpaired) electrons. The molecule has 0 N–H and O–H groups in total. The summed E-state index contributed by atoms with van der Waals surface area (Å²) in [6.07, 6.45) is 1.64. The Morgan fingerprint density at radius 1 is 1.00 bits per heavy atom. The highest BCUT2D eigenvalue weighted by Gasteiger charge is 2.22. The maximum absolute atomic E-state index is 12.7. The number of fused-ring (bicyclic) bond motifs is 4. The molecule has 1 aromatic heterocycles. The van der Waals surface area contributed by atoms with Crippen LogP contribution in [0, 0.1) is 0 Å². The van der Waals surface area contributed by atoms with Crippen molar-refractivity contribution >= 4 is 26.9 Å². The summed E-state index contributed by atoms with van der Waals surface area (Å²) in [5.74, 6) is 0.733. The van der Waals surface area contributed by atoms with Crippen LogP contribution in [-0.2, 0) is 12.8 Å². The Bertz CT molecular complexity index is 893. The summed E-state index contributed by atoms with van der Waals surface area (Å²) >= 11 is 3.47. The van der Waals surface area contributed by atoms with E-state index in [0.29, 0.717) is 11.0 Å². The summed E-state index contributed by atoms with van der Waals surface area (Å²) in [5.41, 5.74) is 3.82. The van der Waals surface area contributed by atoms with E-state index in [4.69, 9.17) is 4.42 Å². The van der Waals surface area contributed by atoms with E-state index in [2.05, 4.69) is 22.0 Å². The van der Waals surface area contributed by atoms with E-state index in [9.17, 15) is 4.79 Å². The number of hydrogen-bond donors (Lipinski definition) is 0. The van der Waals surface area contributed by atoms with Crippen molar-refractivity contribution in [1.82, 2.24) is 0 Å². The molecule has 0 bridgehead atoms. The molecule has 1 aliphatic rings. The Hall–Kier alpha value is -1.87. The molecule has 0 fully saturated rings. The normalized spacial score (nSPS) is 13.1. The molecule has 0 amide bonds. The molecule has 0 saturated heterocycles. The molecule has 2 aromatic carbocycles. The number of para-hydroxylation sites is 1. The molecule has 0 spiro atoms. The van der Waals surface area contributed by atoms with Gasteiger partial charge in [0.25, 0.3) is 0 Å². The van der Waals surface area contributed by atoms with Gasteiger partial charge in [-0.2, -0.15) is 0 Å². The third-order valence-corrected chi connectivity index (χ3v) is 4.49. The van der Waals surface area contributed by atoms with Crippen molar-refractivity contribution in [1.29, 1.82) is 0 Å². The van der Waals surface area contributed by atoms with E-state index >= 15 is 0 Å². The first-order valence-corrected chi connectivity index (χ1v) is 7.37. The van der Waals surface area contributed by atoms with Crippen LogP contribution in [0.5, 0.6) is 0 Å². The Kier molecular flexibility index (Phi) is 2.57. The lowest BCUT2D eigenvalue weighted by molar-refractivity contribution is 0.600. The van der Waals surface area contributed by atoms with Crippen LogP contribution in [0.15, 0.2) is 56.1 Å². The fourth-order valence-corrected chi connectivity index (χ4v) is 3.33. The van der Waals surface area contributed by atoms with Crippen LogP contribution in [0.2, 0.25) is 0 Å². The van der Waals surface area contributed by atoms with Gasteiger partial charge in [-0.25, -0.2) is 0 Å². The first-order chi connectivity index (χ1) is 9.75. The van der Waals surface area contributed by atoms with Gasteiger partial charge in [-0.15, -0.1) is 0 Å². The van der Waals surface area contributed by atoms with Crippen LogP contribution in [0.3, 0.4) is 0 Å². The Balaban J connectivity index is 2.16. The first kappa shape index (κ1) is 11.9. The summed E-state index contributed by atoms with van der Waals surface area (Å²) in [6.45, 7) is 0. The van der Waals surface area contributed by atoms with Crippen LogP contribution >= 0.6 is 15.9 Å². The van der Waals surface area contributed by atoms with Crippen LogP contribution in [0.25, 0.3) is 22.3 Å². The van der Waals surface area contributed by atoms with Gasteiger partial charge in [0, 0.05) is 11.1 Å². The van der Waals surface area contributed by atoms with Crippen molar-refractivity contribution in [3.05, 3.63) is 68.3 Å². The second-order valence-corrected chi connectivity index (χ2v) is 5.87. The molecule has 1 heterocycles. The van der Waals surface area contributed by atoms with Crippen LogP contribution in [0.4, 0.5) is 0 Å². The van der Waals surface area contributed by atoms with Gasteiger partial charge in [-0.05, 0) is 46.5 Å². The van der Waals surface area contributed by atoms with Crippen molar-refractivity contribution in [2.45, 2.75) is 12.8 Å². The van der Waals surface area contributed by atoms with Gasteiger partial charge in [-0.3, -0.25) is 4.79 Å². The zero-order valence-corrected chi connectivity index (χ0v) is 12.2. The van der Waals surface area contributed by atoms with E-state index in [1.165, 1.54) is 5.56 Å². The van der Waals surface area contributed by atoms with E-state index in [-0.39, 0.29) is 5.43 Å². The smallest absolute Gasteiger partial charge is 0.196 e. The first-order valence-electron chi connectivity index (χ1n) is 6.58. The fraction of sp³-hybridized carbons (Fsp3) is 0.118. The molecular formula is C17H11BrO2. The number of benzene rings is 2. The maximum Gasteiger partial charge on any atom is 0.196 e. The summed E-state index contributed by atoms with van der Waals surface area (Å²) in [6, 6.07) is 13.7. The molecule has 3 heteroatoms. The minimum atomic E-state index is 0.0945. The molecule has 0 saturated carbocycles. The number of hydrogen-bond acceptors (Lipinski definition) is 2. The lowest BCUT2D eigenvalue weighted by Crippen LogP contribution is -2.16. The molecule has 4 rings (SSSR count). The molecule has 20 heavy (non-hydrogen) atoms. The van der Waals surface area contributed by atoms with Crippen molar-refractivity contribution < 1.29 is 4.42 Å². The van der Waals surface area contributed by atoms with Gasteiger partial charge in [0.2, 0.25) is 0 Å². The van der Waals surface area contributed by atoms with E-state index in [0.717, 1.165) is 34.2 Å². The van der Waals surface area contributed by atoms with Crippen molar-refractivity contribution in [2.24, 2.45) is 0 Å². The summed E-state index contributed by atoms with van der Waals surface area (Å²) in [4.78, 5) is 12.7.